The van der Waals surface area contributed by atoms with Crippen molar-refractivity contribution < 1.29 is 13.2 Å². The number of anilines is 1. The molecule has 0 saturated carbocycles. The van der Waals surface area contributed by atoms with Crippen LogP contribution in [0.4, 0.5) is 5.82 Å². The second-order valence-electron chi connectivity index (χ2n) is 4.91. The highest BCUT2D eigenvalue weighted by atomic mass is 32.2. The number of rotatable bonds is 5. The number of hydrogen-bond acceptors (Lipinski definition) is 5. The predicted octanol–water partition coefficient (Wildman–Crippen LogP) is -0.544. The first-order chi connectivity index (χ1) is 9.07. The van der Waals surface area contributed by atoms with Crippen molar-refractivity contribution in [3.63, 3.8) is 0 Å². The Morgan fingerprint density at radius 2 is 2.05 bits per heavy atom. The monoisotopic (exact) mass is 303 g/mol. The average molecular weight is 303 g/mol. The smallest absolute Gasteiger partial charge is 0.248 e. The molecule has 8 nitrogen and oxygen atoms in total. The molecule has 0 bridgehead atoms. The van der Waals surface area contributed by atoms with Gasteiger partial charge in [0.25, 0.3) is 0 Å². The van der Waals surface area contributed by atoms with E-state index in [-0.39, 0.29) is 29.2 Å². The van der Waals surface area contributed by atoms with Gasteiger partial charge in [-0.15, -0.1) is 0 Å². The van der Waals surface area contributed by atoms with Gasteiger partial charge in [0.1, 0.15) is 4.90 Å². The quantitative estimate of drug-likeness (QED) is 0.758. The van der Waals surface area contributed by atoms with E-state index in [2.05, 4.69) is 10.4 Å². The van der Waals surface area contributed by atoms with Gasteiger partial charge in [0.15, 0.2) is 5.82 Å². The third-order valence-electron chi connectivity index (χ3n) is 2.79. The third kappa shape index (κ3) is 3.28. The van der Waals surface area contributed by atoms with Gasteiger partial charge in [-0.1, -0.05) is 0 Å². The van der Waals surface area contributed by atoms with E-state index in [4.69, 9.17) is 5.73 Å². The molecule has 0 spiro atoms. The van der Waals surface area contributed by atoms with Gasteiger partial charge in [0.2, 0.25) is 15.9 Å². The second-order valence-corrected chi connectivity index (χ2v) is 6.89. The van der Waals surface area contributed by atoms with Gasteiger partial charge in [-0.25, -0.2) is 8.42 Å². The van der Waals surface area contributed by atoms with Crippen molar-refractivity contribution in [2.45, 2.75) is 31.7 Å². The highest BCUT2D eigenvalue weighted by Crippen LogP contribution is 2.24. The summed E-state index contributed by atoms with van der Waals surface area (Å²) in [5.74, 6) is -0.438. The molecule has 0 radical (unpaired) electrons. The van der Waals surface area contributed by atoms with Crippen molar-refractivity contribution in [2.24, 2.45) is 7.05 Å². The Balaban J connectivity index is 3.02. The number of nitrogens with two attached hydrogens (primary N) is 1. The molecule has 9 heteroatoms. The molecule has 0 unspecified atom stereocenters. The normalized spacial score (nSPS) is 12.2. The number of aryl methyl sites for hydroxylation is 1. The largest absolute Gasteiger partial charge is 0.381 e. The molecule has 0 saturated heterocycles. The van der Waals surface area contributed by atoms with Crippen LogP contribution in [0.1, 0.15) is 19.5 Å². The molecular weight excluding hydrogens is 282 g/mol. The van der Waals surface area contributed by atoms with Gasteiger partial charge in [-0.2, -0.15) is 9.40 Å². The van der Waals surface area contributed by atoms with E-state index in [0.717, 1.165) is 4.31 Å². The Kier molecular flexibility index (Phi) is 4.77. The summed E-state index contributed by atoms with van der Waals surface area (Å²) in [7, 11) is -0.904. The maximum Gasteiger partial charge on any atom is 0.248 e. The van der Waals surface area contributed by atoms with Crippen LogP contribution in [0.15, 0.2) is 4.90 Å². The summed E-state index contributed by atoms with van der Waals surface area (Å²) >= 11 is 0. The number of nitrogens with zero attached hydrogens (tertiary/aromatic N) is 3. The average Bonchev–Trinajstić information content (AvgIpc) is 2.51. The van der Waals surface area contributed by atoms with E-state index in [1.807, 2.05) is 0 Å². The number of hydrogen-bond donors (Lipinski definition) is 2. The van der Waals surface area contributed by atoms with E-state index in [1.165, 1.54) is 11.7 Å². The molecule has 3 N–H and O–H groups in total. The molecular formula is C11H21N5O3S. The molecule has 1 heterocycles. The Hall–Kier alpha value is -1.61. The zero-order valence-electron chi connectivity index (χ0n) is 12.3. The van der Waals surface area contributed by atoms with Crippen molar-refractivity contribution in [1.29, 1.82) is 0 Å². The van der Waals surface area contributed by atoms with Crippen molar-refractivity contribution in [3.8, 4) is 0 Å². The second kappa shape index (κ2) is 5.80. The van der Waals surface area contributed by atoms with Crippen LogP contribution in [0.2, 0.25) is 0 Å². The van der Waals surface area contributed by atoms with Crippen LogP contribution in [0.3, 0.4) is 0 Å². The number of nitrogen functional groups attached to an aromatic ring is 1. The summed E-state index contributed by atoms with van der Waals surface area (Å²) < 4.78 is 27.2. The van der Waals surface area contributed by atoms with Crippen LogP contribution in [0.5, 0.6) is 0 Å². The van der Waals surface area contributed by atoms with Crippen LogP contribution < -0.4 is 11.1 Å². The molecule has 0 atom stereocenters. The lowest BCUT2D eigenvalue weighted by Gasteiger charge is -2.17. The number of likely N-dealkylation sites (N-methyl/N-ethyl adjacent to an activating group) is 1. The summed E-state index contributed by atoms with van der Waals surface area (Å²) in [5, 5.41) is 6.51. The van der Waals surface area contributed by atoms with E-state index >= 15 is 0 Å². The molecule has 0 aliphatic carbocycles. The van der Waals surface area contributed by atoms with Gasteiger partial charge in [-0.05, 0) is 20.8 Å². The minimum absolute atomic E-state index is 0.0520. The number of sulfonamides is 1. The Bertz CT molecular complexity index is 606. The number of carbonyl (C=O) groups excluding carboxylic acids is 1. The van der Waals surface area contributed by atoms with Crippen LogP contribution in [-0.4, -0.2) is 48.0 Å². The van der Waals surface area contributed by atoms with Crippen LogP contribution >= 0.6 is 0 Å². The van der Waals surface area contributed by atoms with Crippen molar-refractivity contribution in [2.75, 3.05) is 19.3 Å². The zero-order chi connectivity index (χ0) is 15.7. The fourth-order valence-corrected chi connectivity index (χ4v) is 3.15. The molecule has 1 aromatic heterocycles. The topological polar surface area (TPSA) is 110 Å². The van der Waals surface area contributed by atoms with Gasteiger partial charge in [0.05, 0.1) is 12.2 Å². The summed E-state index contributed by atoms with van der Waals surface area (Å²) in [4.78, 5) is 11.6. The number of amides is 1. The van der Waals surface area contributed by atoms with Crippen LogP contribution in [0.25, 0.3) is 0 Å². The first kappa shape index (κ1) is 16.4. The lowest BCUT2D eigenvalue weighted by atomic mass is 10.4. The van der Waals surface area contributed by atoms with Crippen molar-refractivity contribution in [3.05, 3.63) is 5.69 Å². The fraction of sp³-hybridized carbons (Fsp3) is 0.636. The molecule has 1 rings (SSSR count). The number of aromatic nitrogens is 2. The van der Waals surface area contributed by atoms with Crippen molar-refractivity contribution in [1.82, 2.24) is 19.4 Å². The van der Waals surface area contributed by atoms with Gasteiger partial charge in [0, 0.05) is 20.1 Å². The molecule has 1 aromatic rings. The lowest BCUT2D eigenvalue weighted by molar-refractivity contribution is -0.121. The highest BCUT2D eigenvalue weighted by molar-refractivity contribution is 7.89. The van der Waals surface area contributed by atoms with Gasteiger partial charge >= 0.3 is 0 Å². The van der Waals surface area contributed by atoms with E-state index < -0.39 is 10.0 Å². The summed E-state index contributed by atoms with van der Waals surface area (Å²) in [6.07, 6.45) is 0. The standard InChI is InChI=1S/C11H21N5O3S/c1-7(2)13-9(17)6-15(4)20(18,19)10-8(3)16(5)14-11(10)12/h7H,6H2,1-5H3,(H2,12,14)(H,13,17). The first-order valence-electron chi connectivity index (χ1n) is 6.12. The maximum atomic E-state index is 12.4. The Labute approximate surface area is 119 Å². The lowest BCUT2D eigenvalue weighted by Crippen LogP contribution is -2.41. The van der Waals surface area contributed by atoms with Gasteiger partial charge < -0.3 is 11.1 Å². The molecule has 0 aliphatic heterocycles. The number of carbonyl (C=O) groups is 1. The number of nitrogens with one attached hydrogen (secondary N) is 1. The zero-order valence-corrected chi connectivity index (χ0v) is 13.2. The summed E-state index contributed by atoms with van der Waals surface area (Å²) in [6, 6.07) is -0.0520. The van der Waals surface area contributed by atoms with E-state index in [0.29, 0.717) is 5.69 Å². The molecule has 114 valence electrons. The molecule has 20 heavy (non-hydrogen) atoms. The molecule has 0 fully saturated rings. The Morgan fingerprint density at radius 1 is 1.50 bits per heavy atom. The minimum atomic E-state index is -3.85. The van der Waals surface area contributed by atoms with Gasteiger partial charge in [-0.3, -0.25) is 9.48 Å². The minimum Gasteiger partial charge on any atom is -0.381 e. The Morgan fingerprint density at radius 3 is 2.45 bits per heavy atom. The van der Waals surface area contributed by atoms with Crippen LogP contribution in [-0.2, 0) is 21.9 Å². The summed E-state index contributed by atoms with van der Waals surface area (Å²) in [6.45, 7) is 4.94. The fourth-order valence-electron chi connectivity index (χ4n) is 1.74. The summed E-state index contributed by atoms with van der Waals surface area (Å²) in [5.41, 5.74) is 6.07. The maximum absolute atomic E-state index is 12.4. The first-order valence-corrected chi connectivity index (χ1v) is 7.56. The molecule has 0 aliphatic rings. The van der Waals surface area contributed by atoms with Crippen molar-refractivity contribution >= 4 is 21.7 Å². The third-order valence-corrected chi connectivity index (χ3v) is 4.76. The molecule has 1 amide bonds. The van der Waals surface area contributed by atoms with E-state index in [9.17, 15) is 13.2 Å². The van der Waals surface area contributed by atoms with E-state index in [1.54, 1.807) is 27.8 Å². The van der Waals surface area contributed by atoms with Crippen LogP contribution in [0, 0.1) is 6.92 Å². The highest BCUT2D eigenvalue weighted by Gasteiger charge is 2.30. The molecule has 0 aromatic carbocycles. The SMILES string of the molecule is Cc1c(S(=O)(=O)N(C)CC(=O)NC(C)C)c(N)nn1C. The predicted molar refractivity (Wildman–Crippen MR) is 75.5 cm³/mol.